The second-order valence-corrected chi connectivity index (χ2v) is 7.66. The second-order valence-electron chi connectivity index (χ2n) is 5.85. The van der Waals surface area contributed by atoms with E-state index in [0.29, 0.717) is 24.0 Å². The van der Waals surface area contributed by atoms with Crippen LogP contribution in [0, 0.1) is 5.92 Å². The maximum atomic E-state index is 11.8. The third-order valence-electron chi connectivity index (χ3n) is 3.84. The van der Waals surface area contributed by atoms with Crippen LogP contribution in [0.4, 0.5) is 0 Å². The molecule has 1 N–H and O–H groups in total. The molecule has 2 unspecified atom stereocenters. The molecule has 1 aromatic rings. The molecule has 1 saturated carbocycles. The van der Waals surface area contributed by atoms with Gasteiger partial charge in [-0.1, -0.05) is 42.5 Å². The van der Waals surface area contributed by atoms with Crippen molar-refractivity contribution in [3.63, 3.8) is 0 Å². The van der Waals surface area contributed by atoms with Crippen LogP contribution in [0.5, 0.6) is 0 Å². The number of rotatable bonds is 6. The van der Waals surface area contributed by atoms with Crippen molar-refractivity contribution in [2.75, 3.05) is 12.3 Å². The van der Waals surface area contributed by atoms with Gasteiger partial charge in [-0.3, -0.25) is 0 Å². The van der Waals surface area contributed by atoms with Crippen molar-refractivity contribution in [2.45, 2.75) is 32.1 Å². The molecule has 4 heteroatoms. The van der Waals surface area contributed by atoms with Gasteiger partial charge in [-0.25, -0.2) is 13.1 Å². The zero-order valence-electron chi connectivity index (χ0n) is 12.0. The lowest BCUT2D eigenvalue weighted by Crippen LogP contribution is -2.30. The predicted molar refractivity (Wildman–Crippen MR) is 83.1 cm³/mol. The van der Waals surface area contributed by atoms with E-state index >= 15 is 0 Å². The predicted octanol–water partition coefficient (Wildman–Crippen LogP) is 3.07. The van der Waals surface area contributed by atoms with E-state index in [4.69, 9.17) is 0 Å². The Morgan fingerprint density at radius 3 is 2.65 bits per heavy atom. The SMILES string of the molecule is C=C(C)CS(=O)(=O)NCC1CCC(c2ccccc2)C1. The van der Waals surface area contributed by atoms with Crippen LogP contribution in [0.3, 0.4) is 0 Å². The molecule has 0 aliphatic heterocycles. The van der Waals surface area contributed by atoms with E-state index in [-0.39, 0.29) is 5.75 Å². The zero-order chi connectivity index (χ0) is 14.6. The standard InChI is InChI=1S/C16H23NO2S/c1-13(2)12-20(18,19)17-11-14-8-9-16(10-14)15-6-4-3-5-7-15/h3-7,14,16-17H,1,8-12H2,2H3. The summed E-state index contributed by atoms with van der Waals surface area (Å²) in [4.78, 5) is 0. The largest absolute Gasteiger partial charge is 0.215 e. The molecular weight excluding hydrogens is 270 g/mol. The molecule has 0 saturated heterocycles. The monoisotopic (exact) mass is 293 g/mol. The lowest BCUT2D eigenvalue weighted by molar-refractivity contribution is 0.514. The lowest BCUT2D eigenvalue weighted by Gasteiger charge is -2.13. The molecule has 1 fully saturated rings. The fourth-order valence-corrected chi connectivity index (χ4v) is 4.15. The lowest BCUT2D eigenvalue weighted by atomic mass is 9.96. The molecule has 0 amide bonds. The maximum Gasteiger partial charge on any atom is 0.215 e. The number of sulfonamides is 1. The fraction of sp³-hybridized carbons (Fsp3) is 0.500. The molecule has 0 heterocycles. The number of nitrogens with one attached hydrogen (secondary N) is 1. The minimum atomic E-state index is -3.20. The normalized spacial score (nSPS) is 22.9. The van der Waals surface area contributed by atoms with Crippen LogP contribution in [-0.4, -0.2) is 20.7 Å². The molecule has 0 bridgehead atoms. The highest BCUT2D eigenvalue weighted by Crippen LogP contribution is 2.37. The van der Waals surface area contributed by atoms with Crippen molar-refractivity contribution in [2.24, 2.45) is 5.92 Å². The van der Waals surface area contributed by atoms with Crippen molar-refractivity contribution >= 4 is 10.0 Å². The van der Waals surface area contributed by atoms with E-state index in [0.717, 1.165) is 19.3 Å². The number of hydrogen-bond donors (Lipinski definition) is 1. The van der Waals surface area contributed by atoms with Gasteiger partial charge in [0.2, 0.25) is 10.0 Å². The molecule has 1 aliphatic carbocycles. The second kappa shape index (κ2) is 6.55. The van der Waals surface area contributed by atoms with Gasteiger partial charge in [-0.15, -0.1) is 0 Å². The van der Waals surface area contributed by atoms with Gasteiger partial charge in [0.1, 0.15) is 0 Å². The minimum absolute atomic E-state index is 0.0296. The summed E-state index contributed by atoms with van der Waals surface area (Å²) in [5.41, 5.74) is 2.05. The molecule has 3 nitrogen and oxygen atoms in total. The first-order valence-corrected chi connectivity index (χ1v) is 8.78. The molecule has 1 aliphatic rings. The van der Waals surface area contributed by atoms with Gasteiger partial charge in [0, 0.05) is 6.54 Å². The highest BCUT2D eigenvalue weighted by molar-refractivity contribution is 7.89. The molecule has 0 spiro atoms. The van der Waals surface area contributed by atoms with Gasteiger partial charge in [0.25, 0.3) is 0 Å². The Morgan fingerprint density at radius 1 is 1.30 bits per heavy atom. The van der Waals surface area contributed by atoms with E-state index in [1.165, 1.54) is 5.56 Å². The Labute approximate surface area is 122 Å². The quantitative estimate of drug-likeness (QED) is 0.819. The molecule has 0 radical (unpaired) electrons. The van der Waals surface area contributed by atoms with Gasteiger partial charge in [-0.2, -0.15) is 0 Å². The molecule has 0 aromatic heterocycles. The van der Waals surface area contributed by atoms with E-state index in [2.05, 4.69) is 35.6 Å². The average molecular weight is 293 g/mol. The molecule has 1 aromatic carbocycles. The Hall–Kier alpha value is -1.13. The van der Waals surface area contributed by atoms with Crippen molar-refractivity contribution in [1.29, 1.82) is 0 Å². The number of hydrogen-bond acceptors (Lipinski definition) is 2. The third kappa shape index (κ3) is 4.46. The molecule has 2 atom stereocenters. The molecule has 110 valence electrons. The van der Waals surface area contributed by atoms with Crippen molar-refractivity contribution in [1.82, 2.24) is 4.72 Å². The van der Waals surface area contributed by atoms with Crippen LogP contribution in [0.15, 0.2) is 42.5 Å². The fourth-order valence-electron chi connectivity index (χ4n) is 2.91. The summed E-state index contributed by atoms with van der Waals surface area (Å²) in [6.07, 6.45) is 3.31. The Morgan fingerprint density at radius 2 is 2.00 bits per heavy atom. The van der Waals surface area contributed by atoms with E-state index < -0.39 is 10.0 Å². The van der Waals surface area contributed by atoms with Gasteiger partial charge < -0.3 is 0 Å². The van der Waals surface area contributed by atoms with Crippen LogP contribution in [0.2, 0.25) is 0 Å². The summed E-state index contributed by atoms with van der Waals surface area (Å²) in [5.74, 6) is 1.05. The average Bonchev–Trinajstić information content (AvgIpc) is 2.85. The van der Waals surface area contributed by atoms with Gasteiger partial charge in [0.15, 0.2) is 0 Å². The van der Waals surface area contributed by atoms with Crippen molar-refractivity contribution < 1.29 is 8.42 Å². The van der Waals surface area contributed by atoms with Gasteiger partial charge in [0.05, 0.1) is 5.75 Å². The first-order chi connectivity index (χ1) is 9.46. The topological polar surface area (TPSA) is 46.2 Å². The maximum absolute atomic E-state index is 11.8. The van der Waals surface area contributed by atoms with Crippen molar-refractivity contribution in [3.8, 4) is 0 Å². The Kier molecular flexibility index (Phi) is 5.00. The first-order valence-electron chi connectivity index (χ1n) is 7.13. The smallest absolute Gasteiger partial charge is 0.215 e. The highest BCUT2D eigenvalue weighted by atomic mass is 32.2. The van der Waals surface area contributed by atoms with E-state index in [9.17, 15) is 8.42 Å². The van der Waals surface area contributed by atoms with E-state index in [1.807, 2.05) is 6.07 Å². The van der Waals surface area contributed by atoms with Crippen molar-refractivity contribution in [3.05, 3.63) is 48.0 Å². The minimum Gasteiger partial charge on any atom is -0.215 e. The van der Waals surface area contributed by atoms with Crippen LogP contribution >= 0.6 is 0 Å². The van der Waals surface area contributed by atoms with Crippen LogP contribution in [-0.2, 0) is 10.0 Å². The zero-order valence-corrected chi connectivity index (χ0v) is 12.8. The summed E-state index contributed by atoms with van der Waals surface area (Å²) in [7, 11) is -3.20. The third-order valence-corrected chi connectivity index (χ3v) is 5.32. The first kappa shape index (κ1) is 15.3. The summed E-state index contributed by atoms with van der Waals surface area (Å²) < 4.78 is 26.3. The van der Waals surface area contributed by atoms with Gasteiger partial charge in [-0.05, 0) is 43.6 Å². The summed E-state index contributed by atoms with van der Waals surface area (Å²) in [6.45, 7) is 5.94. The number of benzene rings is 1. The van der Waals surface area contributed by atoms with Crippen LogP contribution in [0.25, 0.3) is 0 Å². The highest BCUT2D eigenvalue weighted by Gasteiger charge is 2.26. The molecule has 2 rings (SSSR count). The Balaban J connectivity index is 1.84. The Bertz CT molecular complexity index is 551. The summed E-state index contributed by atoms with van der Waals surface area (Å²) in [5, 5.41) is 0. The molecular formula is C16H23NO2S. The summed E-state index contributed by atoms with van der Waals surface area (Å²) in [6, 6.07) is 10.5. The van der Waals surface area contributed by atoms with Crippen LogP contribution in [0.1, 0.15) is 37.7 Å². The van der Waals surface area contributed by atoms with Gasteiger partial charge >= 0.3 is 0 Å². The molecule has 20 heavy (non-hydrogen) atoms. The van der Waals surface area contributed by atoms with E-state index in [1.54, 1.807) is 6.92 Å². The summed E-state index contributed by atoms with van der Waals surface area (Å²) >= 11 is 0. The van der Waals surface area contributed by atoms with Crippen LogP contribution < -0.4 is 4.72 Å².